The summed E-state index contributed by atoms with van der Waals surface area (Å²) in [7, 11) is 0. The average molecular weight is 461 g/mol. The molecule has 3 heteroatoms. The minimum atomic E-state index is -4.14. The lowest BCUT2D eigenvalue weighted by Gasteiger charge is -2.08. The highest BCUT2D eigenvalue weighted by Crippen LogP contribution is 2.23. The van der Waals surface area contributed by atoms with Crippen LogP contribution in [0.5, 0.6) is 0 Å². The van der Waals surface area contributed by atoms with Crippen molar-refractivity contribution < 1.29 is 13.2 Å². The van der Waals surface area contributed by atoms with Gasteiger partial charge in [0.05, 0.1) is 6.42 Å². The van der Waals surface area contributed by atoms with Gasteiger partial charge in [-0.05, 0) is 82.2 Å². The molecule has 0 aromatic heterocycles. The van der Waals surface area contributed by atoms with Gasteiger partial charge < -0.3 is 0 Å². The van der Waals surface area contributed by atoms with Gasteiger partial charge in [-0.1, -0.05) is 79.6 Å². The maximum atomic E-state index is 12.1. The van der Waals surface area contributed by atoms with Gasteiger partial charge in [0.2, 0.25) is 0 Å². The van der Waals surface area contributed by atoms with E-state index >= 15 is 0 Å². The zero-order valence-electron chi connectivity index (χ0n) is 21.9. The molecule has 0 aliphatic carbocycles. The molecule has 0 spiro atoms. The number of halogens is 3. The molecule has 0 unspecified atom stereocenters. The third-order valence-electron chi connectivity index (χ3n) is 4.47. The van der Waals surface area contributed by atoms with Crippen molar-refractivity contribution in [3.8, 4) is 0 Å². The Balaban J connectivity index is 0. The van der Waals surface area contributed by atoms with Crippen molar-refractivity contribution >= 4 is 5.57 Å². The molecule has 0 atom stereocenters. The van der Waals surface area contributed by atoms with Crippen LogP contribution in [0.1, 0.15) is 77.1 Å². The van der Waals surface area contributed by atoms with Gasteiger partial charge in [0.15, 0.2) is 0 Å². The number of benzene rings is 2. The molecule has 0 radical (unpaired) electrons. The first kappa shape index (κ1) is 32.6. The fourth-order valence-electron chi connectivity index (χ4n) is 2.33. The second kappa shape index (κ2) is 17.9. The van der Waals surface area contributed by atoms with Gasteiger partial charge in [0.1, 0.15) is 0 Å². The fraction of sp³-hybridized carbons (Fsp3) is 0.400. The van der Waals surface area contributed by atoms with Crippen LogP contribution in [0.15, 0.2) is 78.9 Å². The van der Waals surface area contributed by atoms with Crippen LogP contribution in [0.3, 0.4) is 0 Å². The maximum Gasteiger partial charge on any atom is 0.393 e. The Morgan fingerprint density at radius 3 is 1.79 bits per heavy atom. The molecule has 2 aromatic rings. The normalized spacial score (nSPS) is 10.5. The Kier molecular flexibility index (Phi) is 17.7. The van der Waals surface area contributed by atoms with Crippen molar-refractivity contribution in [2.45, 2.75) is 80.8 Å². The van der Waals surface area contributed by atoms with E-state index in [4.69, 9.17) is 0 Å². The number of allylic oxidation sites excluding steroid dienone is 4. The minimum absolute atomic E-state index is 0.307. The molecule has 0 bridgehead atoms. The van der Waals surface area contributed by atoms with Crippen molar-refractivity contribution in [3.05, 3.63) is 101 Å². The SMILES string of the molecule is C/C=C(\C)c1cccc(CC(F)(F)F)c1.C=C(C)C.C=C(C)CC.CCc1ccccc1C. The number of hydrogen-bond donors (Lipinski definition) is 0. The minimum Gasteiger partial charge on any atom is -0.171 e. The van der Waals surface area contributed by atoms with Crippen molar-refractivity contribution in [1.82, 2.24) is 0 Å². The maximum absolute atomic E-state index is 12.1. The van der Waals surface area contributed by atoms with E-state index in [1.165, 1.54) is 28.3 Å². The standard InChI is InChI=1S/C12H13F3.C9H12.C5H10.C4H8/c1-3-9(2)11-6-4-5-10(7-11)8-12(13,14)15;1-3-9-7-5-4-6-8(9)2;1-4-5(2)3;1-4(2)3/h3-7H,8H2,1-2H3;4-7H,3H2,1-2H3;2,4H2,1,3H3;1H2,2-3H3/b9-3+;;;. The molecule has 0 aliphatic heterocycles. The molecule has 0 saturated heterocycles. The average Bonchev–Trinajstić information content (AvgIpc) is 2.73. The van der Waals surface area contributed by atoms with E-state index in [1.807, 2.05) is 46.8 Å². The molecule has 0 fully saturated rings. The lowest BCUT2D eigenvalue weighted by molar-refractivity contribution is -0.127. The molecule has 33 heavy (non-hydrogen) atoms. The zero-order chi connectivity index (χ0) is 26.0. The molecule has 184 valence electrons. The number of aryl methyl sites for hydroxylation is 2. The van der Waals surface area contributed by atoms with E-state index in [1.54, 1.807) is 12.1 Å². The number of alkyl halides is 3. The predicted molar refractivity (Wildman–Crippen MR) is 142 cm³/mol. The summed E-state index contributed by atoms with van der Waals surface area (Å²) in [6.07, 6.45) is -0.861. The van der Waals surface area contributed by atoms with Crippen LogP contribution >= 0.6 is 0 Å². The van der Waals surface area contributed by atoms with E-state index in [2.05, 4.69) is 58.2 Å². The summed E-state index contributed by atoms with van der Waals surface area (Å²) in [6, 6.07) is 15.1. The monoisotopic (exact) mass is 460 g/mol. The highest BCUT2D eigenvalue weighted by molar-refractivity contribution is 5.63. The lowest BCUT2D eigenvalue weighted by Crippen LogP contribution is -2.11. The number of hydrogen-bond acceptors (Lipinski definition) is 0. The van der Waals surface area contributed by atoms with Crippen LogP contribution in [0.2, 0.25) is 0 Å². The van der Waals surface area contributed by atoms with Crippen molar-refractivity contribution in [1.29, 1.82) is 0 Å². The van der Waals surface area contributed by atoms with Gasteiger partial charge in [-0.3, -0.25) is 0 Å². The van der Waals surface area contributed by atoms with Crippen LogP contribution in [0.25, 0.3) is 5.57 Å². The van der Waals surface area contributed by atoms with Gasteiger partial charge >= 0.3 is 6.18 Å². The van der Waals surface area contributed by atoms with E-state index in [0.29, 0.717) is 5.56 Å². The van der Waals surface area contributed by atoms with Crippen molar-refractivity contribution in [2.75, 3.05) is 0 Å². The summed E-state index contributed by atoms with van der Waals surface area (Å²) >= 11 is 0. The molecule has 0 saturated carbocycles. The van der Waals surface area contributed by atoms with E-state index in [9.17, 15) is 13.2 Å². The molecule has 2 rings (SSSR count). The Morgan fingerprint density at radius 2 is 1.42 bits per heavy atom. The molecular formula is C30H43F3. The van der Waals surface area contributed by atoms with Gasteiger partial charge in [0.25, 0.3) is 0 Å². The molecule has 0 amide bonds. The molecule has 0 aliphatic rings. The topological polar surface area (TPSA) is 0 Å². The second-order valence-corrected chi connectivity index (χ2v) is 8.26. The summed E-state index contributed by atoms with van der Waals surface area (Å²) in [4.78, 5) is 0. The zero-order valence-corrected chi connectivity index (χ0v) is 21.9. The summed E-state index contributed by atoms with van der Waals surface area (Å²) in [5.74, 6) is 0. The third kappa shape index (κ3) is 19.8. The summed E-state index contributed by atoms with van der Waals surface area (Å²) in [5, 5.41) is 0. The highest BCUT2D eigenvalue weighted by Gasteiger charge is 2.27. The molecular weight excluding hydrogens is 417 g/mol. The summed E-state index contributed by atoms with van der Waals surface area (Å²) in [5.41, 5.74) is 7.42. The van der Waals surface area contributed by atoms with Crippen LogP contribution < -0.4 is 0 Å². The van der Waals surface area contributed by atoms with Crippen molar-refractivity contribution in [3.63, 3.8) is 0 Å². The Hall–Kier alpha value is -2.55. The van der Waals surface area contributed by atoms with E-state index in [0.717, 1.165) is 24.0 Å². The van der Waals surface area contributed by atoms with Crippen molar-refractivity contribution in [2.24, 2.45) is 0 Å². The lowest BCUT2D eigenvalue weighted by atomic mass is 10.0. The Labute approximate surface area is 201 Å². The van der Waals surface area contributed by atoms with Crippen LogP contribution in [-0.2, 0) is 12.8 Å². The van der Waals surface area contributed by atoms with Crippen LogP contribution in [-0.4, -0.2) is 6.18 Å². The molecule has 2 aromatic carbocycles. The van der Waals surface area contributed by atoms with Gasteiger partial charge in [0, 0.05) is 0 Å². The van der Waals surface area contributed by atoms with Gasteiger partial charge in [-0.25, -0.2) is 0 Å². The molecule has 0 nitrogen and oxygen atoms in total. The largest absolute Gasteiger partial charge is 0.393 e. The quantitative estimate of drug-likeness (QED) is 0.398. The van der Waals surface area contributed by atoms with E-state index < -0.39 is 12.6 Å². The summed E-state index contributed by atoms with van der Waals surface area (Å²) in [6.45, 7) is 23.4. The third-order valence-corrected chi connectivity index (χ3v) is 4.47. The first-order valence-corrected chi connectivity index (χ1v) is 11.4. The Morgan fingerprint density at radius 1 is 0.909 bits per heavy atom. The second-order valence-electron chi connectivity index (χ2n) is 8.26. The molecule has 0 N–H and O–H groups in total. The summed E-state index contributed by atoms with van der Waals surface area (Å²) < 4.78 is 36.4. The number of rotatable bonds is 4. The first-order valence-electron chi connectivity index (χ1n) is 11.4. The van der Waals surface area contributed by atoms with Gasteiger partial charge in [-0.2, -0.15) is 13.2 Å². The van der Waals surface area contributed by atoms with Crippen LogP contribution in [0, 0.1) is 6.92 Å². The molecule has 0 heterocycles. The Bertz CT molecular complexity index is 851. The van der Waals surface area contributed by atoms with E-state index in [-0.39, 0.29) is 0 Å². The highest BCUT2D eigenvalue weighted by atomic mass is 19.4. The smallest absolute Gasteiger partial charge is 0.171 e. The fourth-order valence-corrected chi connectivity index (χ4v) is 2.33. The van der Waals surface area contributed by atoms with Gasteiger partial charge in [-0.15, -0.1) is 13.2 Å². The predicted octanol–water partition coefficient (Wildman–Crippen LogP) is 10.3. The van der Waals surface area contributed by atoms with Crippen LogP contribution in [0.4, 0.5) is 13.2 Å². The first-order chi connectivity index (χ1) is 15.3.